The Labute approximate surface area is 163 Å². The number of sulfone groups is 1. The first kappa shape index (κ1) is 20.9. The fourth-order valence-electron chi connectivity index (χ4n) is 2.06. The molecule has 2 rings (SSSR count). The van der Waals surface area contributed by atoms with E-state index >= 15 is 0 Å². The van der Waals surface area contributed by atoms with E-state index in [1.807, 2.05) is 0 Å². The number of anilines is 1. The second-order valence-electron chi connectivity index (χ2n) is 5.83. The van der Waals surface area contributed by atoms with Gasteiger partial charge in [-0.2, -0.15) is 8.78 Å². The van der Waals surface area contributed by atoms with Gasteiger partial charge in [0.25, 0.3) is 5.76 Å². The molecule has 2 aromatic carbocycles. The molecule has 140 valence electrons. The van der Waals surface area contributed by atoms with Gasteiger partial charge in [-0.05, 0) is 56.3 Å². The van der Waals surface area contributed by atoms with Gasteiger partial charge in [-0.15, -0.1) is 0 Å². The average molecular weight is 464 g/mol. The van der Waals surface area contributed by atoms with Crippen LogP contribution in [0, 0.1) is 0 Å². The molecule has 1 amide bonds. The molecule has 0 aliphatic carbocycles. The normalized spacial score (nSPS) is 12.2. The Balaban J connectivity index is 2.26. The SMILES string of the molecule is CC(C)(C(=O)Nc1cccc(SC(F)F)c1)S(=O)(=O)c1ccc(Br)cc1. The monoisotopic (exact) mass is 463 g/mol. The molecule has 0 unspecified atom stereocenters. The molecule has 0 fully saturated rings. The summed E-state index contributed by atoms with van der Waals surface area (Å²) in [5.74, 6) is -3.34. The maximum absolute atomic E-state index is 12.8. The summed E-state index contributed by atoms with van der Waals surface area (Å²) < 4.78 is 49.6. The predicted molar refractivity (Wildman–Crippen MR) is 102 cm³/mol. The van der Waals surface area contributed by atoms with Crippen molar-refractivity contribution in [1.82, 2.24) is 0 Å². The van der Waals surface area contributed by atoms with Gasteiger partial charge in [0.2, 0.25) is 5.91 Å². The molecule has 0 radical (unpaired) electrons. The van der Waals surface area contributed by atoms with Crippen molar-refractivity contribution >= 4 is 49.1 Å². The van der Waals surface area contributed by atoms with E-state index in [2.05, 4.69) is 21.2 Å². The number of benzene rings is 2. The van der Waals surface area contributed by atoms with Crippen LogP contribution in [-0.4, -0.2) is 24.8 Å². The third kappa shape index (κ3) is 4.63. The third-order valence-electron chi connectivity index (χ3n) is 3.66. The molecule has 0 saturated heterocycles. The fourth-order valence-corrected chi connectivity index (χ4v) is 4.26. The summed E-state index contributed by atoms with van der Waals surface area (Å²) in [5, 5.41) is 2.50. The molecule has 0 heterocycles. The van der Waals surface area contributed by atoms with Crippen LogP contribution in [0.25, 0.3) is 0 Å². The Morgan fingerprint density at radius 1 is 1.15 bits per heavy atom. The minimum atomic E-state index is -3.96. The van der Waals surface area contributed by atoms with Crippen molar-refractivity contribution in [3.05, 3.63) is 53.0 Å². The van der Waals surface area contributed by atoms with E-state index < -0.39 is 26.2 Å². The number of carbonyl (C=O) groups is 1. The Morgan fingerprint density at radius 2 is 1.77 bits per heavy atom. The van der Waals surface area contributed by atoms with E-state index in [0.29, 0.717) is 16.2 Å². The van der Waals surface area contributed by atoms with E-state index in [0.717, 1.165) is 0 Å². The van der Waals surface area contributed by atoms with Gasteiger partial charge in [0, 0.05) is 15.1 Å². The molecule has 0 spiro atoms. The number of alkyl halides is 2. The van der Waals surface area contributed by atoms with Gasteiger partial charge in [0.15, 0.2) is 9.84 Å². The van der Waals surface area contributed by atoms with Gasteiger partial charge in [-0.3, -0.25) is 4.79 Å². The molecule has 0 bridgehead atoms. The van der Waals surface area contributed by atoms with Crippen molar-refractivity contribution in [3.63, 3.8) is 0 Å². The van der Waals surface area contributed by atoms with Gasteiger partial charge in [-0.1, -0.05) is 33.8 Å². The zero-order valence-corrected chi connectivity index (χ0v) is 17.1. The minimum absolute atomic E-state index is 0.0165. The van der Waals surface area contributed by atoms with Gasteiger partial charge in [-0.25, -0.2) is 8.42 Å². The second-order valence-corrected chi connectivity index (χ2v) is 10.3. The summed E-state index contributed by atoms with van der Waals surface area (Å²) in [4.78, 5) is 12.9. The third-order valence-corrected chi connectivity index (χ3v) is 7.31. The molecular weight excluding hydrogens is 448 g/mol. The Hall–Kier alpha value is -1.45. The molecule has 0 aliphatic rings. The molecular formula is C17H16BrF2NO3S2. The smallest absolute Gasteiger partial charge is 0.288 e. The maximum Gasteiger partial charge on any atom is 0.288 e. The highest BCUT2D eigenvalue weighted by molar-refractivity contribution is 9.10. The Kier molecular flexibility index (Phi) is 6.46. The molecule has 0 saturated carbocycles. The fraction of sp³-hybridized carbons (Fsp3) is 0.235. The van der Waals surface area contributed by atoms with Crippen LogP contribution in [0.15, 0.2) is 62.8 Å². The highest BCUT2D eigenvalue weighted by atomic mass is 79.9. The van der Waals surface area contributed by atoms with Gasteiger partial charge < -0.3 is 5.32 Å². The van der Waals surface area contributed by atoms with Crippen LogP contribution >= 0.6 is 27.7 Å². The molecule has 0 aromatic heterocycles. The van der Waals surface area contributed by atoms with Crippen molar-refractivity contribution < 1.29 is 22.0 Å². The van der Waals surface area contributed by atoms with E-state index in [9.17, 15) is 22.0 Å². The van der Waals surface area contributed by atoms with Crippen LogP contribution in [-0.2, 0) is 14.6 Å². The molecule has 0 aliphatic heterocycles. The highest BCUT2D eigenvalue weighted by Gasteiger charge is 2.42. The van der Waals surface area contributed by atoms with Gasteiger partial charge >= 0.3 is 0 Å². The molecule has 0 atom stereocenters. The number of carbonyl (C=O) groups excluding carboxylic acids is 1. The first-order valence-electron chi connectivity index (χ1n) is 7.40. The molecule has 26 heavy (non-hydrogen) atoms. The summed E-state index contributed by atoms with van der Waals surface area (Å²) >= 11 is 3.57. The Bertz CT molecular complexity index is 900. The largest absolute Gasteiger partial charge is 0.325 e. The van der Waals surface area contributed by atoms with Crippen molar-refractivity contribution in [2.45, 2.75) is 34.1 Å². The number of hydrogen-bond donors (Lipinski definition) is 1. The lowest BCUT2D eigenvalue weighted by atomic mass is 10.2. The lowest BCUT2D eigenvalue weighted by Crippen LogP contribution is -2.44. The standard InChI is InChI=1S/C17H16BrF2NO3S2/c1-17(2,26(23,24)14-8-6-11(18)7-9-14)15(22)21-12-4-3-5-13(10-12)25-16(19)20/h3-10,16H,1-2H3,(H,21,22). The number of hydrogen-bond acceptors (Lipinski definition) is 4. The van der Waals surface area contributed by atoms with Crippen LogP contribution in [0.4, 0.5) is 14.5 Å². The van der Waals surface area contributed by atoms with Crippen LogP contribution in [0.5, 0.6) is 0 Å². The second kappa shape index (κ2) is 8.06. The highest BCUT2D eigenvalue weighted by Crippen LogP contribution is 2.30. The van der Waals surface area contributed by atoms with E-state index in [-0.39, 0.29) is 15.5 Å². The van der Waals surface area contributed by atoms with Crippen LogP contribution in [0.3, 0.4) is 0 Å². The molecule has 2 aromatic rings. The average Bonchev–Trinajstić information content (AvgIpc) is 2.54. The summed E-state index contributed by atoms with van der Waals surface area (Å²) in [6.07, 6.45) is 0. The predicted octanol–water partition coefficient (Wildman–Crippen LogP) is 4.95. The van der Waals surface area contributed by atoms with Gasteiger partial charge in [0.1, 0.15) is 4.75 Å². The lowest BCUT2D eigenvalue weighted by molar-refractivity contribution is -0.117. The molecule has 9 heteroatoms. The number of nitrogens with one attached hydrogen (secondary N) is 1. The number of halogens is 3. The lowest BCUT2D eigenvalue weighted by Gasteiger charge is -2.24. The van der Waals surface area contributed by atoms with Crippen molar-refractivity contribution in [2.24, 2.45) is 0 Å². The van der Waals surface area contributed by atoms with Crippen molar-refractivity contribution in [1.29, 1.82) is 0 Å². The first-order valence-corrected chi connectivity index (χ1v) is 10.6. The zero-order valence-electron chi connectivity index (χ0n) is 13.9. The number of amides is 1. The van der Waals surface area contributed by atoms with Crippen LogP contribution < -0.4 is 5.32 Å². The molecule has 4 nitrogen and oxygen atoms in total. The van der Waals surface area contributed by atoms with E-state index in [1.165, 1.54) is 50.2 Å². The van der Waals surface area contributed by atoms with E-state index in [1.54, 1.807) is 12.1 Å². The molecule has 1 N–H and O–H groups in total. The summed E-state index contributed by atoms with van der Waals surface area (Å²) in [6.45, 7) is 2.61. The van der Waals surface area contributed by atoms with Crippen molar-refractivity contribution in [3.8, 4) is 0 Å². The quantitative estimate of drug-likeness (QED) is 0.615. The van der Waals surface area contributed by atoms with Crippen LogP contribution in [0.1, 0.15) is 13.8 Å². The van der Waals surface area contributed by atoms with Crippen LogP contribution in [0.2, 0.25) is 0 Å². The maximum atomic E-state index is 12.8. The van der Waals surface area contributed by atoms with Gasteiger partial charge in [0.05, 0.1) is 4.90 Å². The van der Waals surface area contributed by atoms with E-state index in [4.69, 9.17) is 0 Å². The zero-order chi connectivity index (χ0) is 19.5. The topological polar surface area (TPSA) is 63.2 Å². The van der Waals surface area contributed by atoms with Crippen molar-refractivity contribution in [2.75, 3.05) is 5.32 Å². The summed E-state index contributed by atoms with van der Waals surface area (Å²) in [7, 11) is -3.96. The summed E-state index contributed by atoms with van der Waals surface area (Å²) in [6, 6.07) is 11.8. The number of rotatable bonds is 6. The minimum Gasteiger partial charge on any atom is -0.325 e. The first-order chi connectivity index (χ1) is 12.0. The number of thioether (sulfide) groups is 1. The summed E-state index contributed by atoms with van der Waals surface area (Å²) in [5.41, 5.74) is 0.250. The Morgan fingerprint density at radius 3 is 2.35 bits per heavy atom.